The van der Waals surface area contributed by atoms with Gasteiger partial charge in [0, 0.05) is 18.7 Å². The van der Waals surface area contributed by atoms with Crippen molar-refractivity contribution in [3.63, 3.8) is 0 Å². The molecule has 24 heavy (non-hydrogen) atoms. The summed E-state index contributed by atoms with van der Waals surface area (Å²) in [5.74, 6) is -1.87. The van der Waals surface area contributed by atoms with Crippen LogP contribution < -0.4 is 0 Å². The number of halogens is 1. The fourth-order valence-electron chi connectivity index (χ4n) is 2.82. The van der Waals surface area contributed by atoms with Gasteiger partial charge < -0.3 is 10.0 Å². The van der Waals surface area contributed by atoms with Gasteiger partial charge in [-0.25, -0.2) is 9.37 Å². The molecule has 1 fully saturated rings. The van der Waals surface area contributed by atoms with Crippen molar-refractivity contribution in [1.29, 1.82) is 0 Å². The predicted molar refractivity (Wildman–Crippen MR) is 88.5 cm³/mol. The van der Waals surface area contributed by atoms with Crippen molar-refractivity contribution in [1.82, 2.24) is 9.88 Å². The smallest absolute Gasteiger partial charge is 0.308 e. The fraction of sp³-hybridized carbons (Fsp3) is 0.353. The molecule has 0 saturated carbocycles. The monoisotopic (exact) mass is 348 g/mol. The van der Waals surface area contributed by atoms with Crippen LogP contribution in [0.1, 0.15) is 28.2 Å². The van der Waals surface area contributed by atoms with Crippen LogP contribution in [0, 0.1) is 18.7 Å². The highest BCUT2D eigenvalue weighted by Crippen LogP contribution is 2.30. The first-order valence-electron chi connectivity index (χ1n) is 7.71. The van der Waals surface area contributed by atoms with E-state index in [0.29, 0.717) is 35.0 Å². The van der Waals surface area contributed by atoms with Gasteiger partial charge >= 0.3 is 5.97 Å². The van der Waals surface area contributed by atoms with Crippen LogP contribution in [0.15, 0.2) is 24.3 Å². The molecule has 1 saturated heterocycles. The topological polar surface area (TPSA) is 70.5 Å². The van der Waals surface area contributed by atoms with Gasteiger partial charge in [0.1, 0.15) is 15.7 Å². The van der Waals surface area contributed by atoms with E-state index in [2.05, 4.69) is 4.98 Å². The molecule has 7 heteroatoms. The largest absolute Gasteiger partial charge is 0.481 e. The molecule has 126 valence electrons. The number of rotatable bonds is 3. The number of likely N-dealkylation sites (tertiary alicyclic amines) is 1. The second kappa shape index (κ2) is 6.68. The summed E-state index contributed by atoms with van der Waals surface area (Å²) in [6, 6.07) is 5.97. The van der Waals surface area contributed by atoms with Gasteiger partial charge in [0.25, 0.3) is 5.91 Å². The van der Waals surface area contributed by atoms with Gasteiger partial charge in [0.15, 0.2) is 0 Å². The normalized spacial score (nSPS) is 17.8. The lowest BCUT2D eigenvalue weighted by molar-refractivity contribution is -0.143. The predicted octanol–water partition coefficient (Wildman–Crippen LogP) is 3.19. The highest BCUT2D eigenvalue weighted by molar-refractivity contribution is 7.17. The first-order valence-corrected chi connectivity index (χ1v) is 8.53. The number of aryl methyl sites for hydroxylation is 1. The van der Waals surface area contributed by atoms with E-state index in [1.807, 2.05) is 0 Å². The van der Waals surface area contributed by atoms with Crippen LogP contribution in [0.5, 0.6) is 0 Å². The maximum atomic E-state index is 13.0. The Bertz CT molecular complexity index is 773. The number of nitrogens with zero attached hydrogens (tertiary/aromatic N) is 2. The van der Waals surface area contributed by atoms with Crippen molar-refractivity contribution in [2.75, 3.05) is 13.1 Å². The molecule has 1 aliphatic heterocycles. The lowest BCUT2D eigenvalue weighted by atomic mass is 9.98. The molecule has 2 heterocycles. The summed E-state index contributed by atoms with van der Waals surface area (Å²) >= 11 is 1.26. The Morgan fingerprint density at radius 1 is 1.33 bits per heavy atom. The Hall–Kier alpha value is -2.28. The Morgan fingerprint density at radius 2 is 2.04 bits per heavy atom. The van der Waals surface area contributed by atoms with Gasteiger partial charge in [-0.05, 0) is 44.0 Å². The van der Waals surface area contributed by atoms with Crippen LogP contribution in [0.25, 0.3) is 10.6 Å². The lowest BCUT2D eigenvalue weighted by Crippen LogP contribution is -2.42. The number of carbonyl (C=O) groups excluding carboxylic acids is 1. The highest BCUT2D eigenvalue weighted by Gasteiger charge is 2.30. The minimum absolute atomic E-state index is 0.177. The Kier molecular flexibility index (Phi) is 4.62. The maximum Gasteiger partial charge on any atom is 0.308 e. The number of benzene rings is 1. The van der Waals surface area contributed by atoms with Crippen molar-refractivity contribution in [3.8, 4) is 10.6 Å². The SMILES string of the molecule is Cc1nc(-c2ccc(F)cc2)sc1C(=O)N1CCC[C@@H](C(=O)O)C1. The minimum atomic E-state index is -0.861. The van der Waals surface area contributed by atoms with Gasteiger partial charge in [-0.2, -0.15) is 0 Å². The van der Waals surface area contributed by atoms with Crippen LogP contribution in [-0.4, -0.2) is 40.0 Å². The number of thiazole rings is 1. The summed E-state index contributed by atoms with van der Waals surface area (Å²) in [5, 5.41) is 9.82. The van der Waals surface area contributed by atoms with Gasteiger partial charge in [-0.3, -0.25) is 9.59 Å². The number of piperidine rings is 1. The van der Waals surface area contributed by atoms with E-state index in [1.54, 1.807) is 24.0 Å². The molecule has 1 aliphatic rings. The van der Waals surface area contributed by atoms with E-state index in [1.165, 1.54) is 23.5 Å². The summed E-state index contributed by atoms with van der Waals surface area (Å²) in [6.45, 7) is 2.55. The maximum absolute atomic E-state index is 13.0. The number of amides is 1. The molecule has 1 amide bonds. The first kappa shape index (κ1) is 16.6. The number of carbonyl (C=O) groups is 2. The lowest BCUT2D eigenvalue weighted by Gasteiger charge is -2.30. The zero-order valence-corrected chi connectivity index (χ0v) is 14.0. The van der Waals surface area contributed by atoms with E-state index < -0.39 is 11.9 Å². The Labute approximate surface area is 142 Å². The molecule has 0 bridgehead atoms. The molecule has 5 nitrogen and oxygen atoms in total. The Morgan fingerprint density at radius 3 is 2.71 bits per heavy atom. The number of carboxylic acid groups (broad SMARTS) is 1. The standard InChI is InChI=1S/C17H17FN2O3S/c1-10-14(16(21)20-8-2-3-12(9-20)17(22)23)24-15(19-10)11-4-6-13(18)7-5-11/h4-7,12H,2-3,8-9H2,1H3,(H,22,23)/t12-/m1/s1. The highest BCUT2D eigenvalue weighted by atomic mass is 32.1. The first-order chi connectivity index (χ1) is 11.5. The third kappa shape index (κ3) is 3.31. The van der Waals surface area contributed by atoms with Crippen molar-refractivity contribution in [2.45, 2.75) is 19.8 Å². The zero-order valence-electron chi connectivity index (χ0n) is 13.2. The molecule has 0 aliphatic carbocycles. The molecule has 1 aromatic heterocycles. The van der Waals surface area contributed by atoms with Crippen LogP contribution in [0.4, 0.5) is 4.39 Å². The summed E-state index contributed by atoms with van der Waals surface area (Å²) < 4.78 is 13.0. The molecule has 3 rings (SSSR count). The summed E-state index contributed by atoms with van der Waals surface area (Å²) in [4.78, 5) is 30.4. The van der Waals surface area contributed by atoms with Crippen LogP contribution in [-0.2, 0) is 4.79 Å². The average molecular weight is 348 g/mol. The van der Waals surface area contributed by atoms with Gasteiger partial charge in [0.2, 0.25) is 0 Å². The van der Waals surface area contributed by atoms with Crippen LogP contribution in [0.3, 0.4) is 0 Å². The van der Waals surface area contributed by atoms with Crippen molar-refractivity contribution >= 4 is 23.2 Å². The Balaban J connectivity index is 1.83. The quantitative estimate of drug-likeness (QED) is 0.925. The van der Waals surface area contributed by atoms with Crippen molar-refractivity contribution in [2.24, 2.45) is 5.92 Å². The summed E-state index contributed by atoms with van der Waals surface area (Å²) in [5.41, 5.74) is 1.37. The molecular formula is C17H17FN2O3S. The van der Waals surface area contributed by atoms with Gasteiger partial charge in [-0.15, -0.1) is 11.3 Å². The van der Waals surface area contributed by atoms with Crippen molar-refractivity contribution < 1.29 is 19.1 Å². The number of aliphatic carboxylic acids is 1. The molecule has 0 unspecified atom stereocenters. The van der Waals surface area contributed by atoms with E-state index in [0.717, 1.165) is 5.56 Å². The number of aromatic nitrogens is 1. The van der Waals surface area contributed by atoms with Gasteiger partial charge in [-0.1, -0.05) is 0 Å². The third-order valence-corrected chi connectivity index (χ3v) is 5.33. The second-order valence-corrected chi connectivity index (χ2v) is 6.87. The molecule has 1 atom stereocenters. The van der Waals surface area contributed by atoms with E-state index in [4.69, 9.17) is 5.11 Å². The number of hydrogen-bond acceptors (Lipinski definition) is 4. The summed E-state index contributed by atoms with van der Waals surface area (Å²) in [6.07, 6.45) is 1.28. The summed E-state index contributed by atoms with van der Waals surface area (Å²) in [7, 11) is 0. The van der Waals surface area contributed by atoms with Crippen LogP contribution >= 0.6 is 11.3 Å². The second-order valence-electron chi connectivity index (χ2n) is 5.87. The van der Waals surface area contributed by atoms with Gasteiger partial charge in [0.05, 0.1) is 11.6 Å². The number of hydrogen-bond donors (Lipinski definition) is 1. The van der Waals surface area contributed by atoms with E-state index in [9.17, 15) is 14.0 Å². The third-order valence-electron chi connectivity index (χ3n) is 4.14. The molecular weight excluding hydrogens is 331 g/mol. The average Bonchev–Trinajstić information content (AvgIpc) is 2.96. The fourth-order valence-corrected chi connectivity index (χ4v) is 3.86. The molecule has 0 spiro atoms. The molecule has 2 aromatic rings. The zero-order chi connectivity index (χ0) is 17.3. The molecule has 1 N–H and O–H groups in total. The van der Waals surface area contributed by atoms with E-state index in [-0.39, 0.29) is 18.3 Å². The van der Waals surface area contributed by atoms with Crippen LogP contribution in [0.2, 0.25) is 0 Å². The van der Waals surface area contributed by atoms with Crippen molar-refractivity contribution in [3.05, 3.63) is 40.7 Å². The number of carboxylic acids is 1. The molecule has 1 aromatic carbocycles. The van der Waals surface area contributed by atoms with E-state index >= 15 is 0 Å². The minimum Gasteiger partial charge on any atom is -0.481 e. The molecule has 0 radical (unpaired) electrons.